The molecular weight excluding hydrogens is 442 g/mol. The van der Waals surface area contributed by atoms with E-state index in [9.17, 15) is 14.4 Å². The molecule has 176 valence electrons. The smallest absolute Gasteiger partial charge is 0.283 e. The van der Waals surface area contributed by atoms with Crippen LogP contribution in [0.2, 0.25) is 0 Å². The van der Waals surface area contributed by atoms with Gasteiger partial charge in [-0.2, -0.15) is 0 Å². The number of benzene rings is 3. The fourth-order valence-corrected chi connectivity index (χ4v) is 3.41. The second-order valence-corrected chi connectivity index (χ2v) is 8.94. The summed E-state index contributed by atoms with van der Waals surface area (Å²) in [6.45, 7) is 6.17. The molecule has 0 aliphatic heterocycles. The number of Topliss-reactive ketones (excluding diaryl/α,β-unsaturated/α-hetero) is 1. The van der Waals surface area contributed by atoms with Crippen molar-refractivity contribution in [1.82, 2.24) is 25.6 Å². The molecule has 0 aliphatic carbocycles. The van der Waals surface area contributed by atoms with Crippen LogP contribution >= 0.6 is 0 Å². The number of carbonyl (C=O) groups excluding carboxylic acids is 3. The number of carbonyl (C=O) groups is 3. The predicted octanol–water partition coefficient (Wildman–Crippen LogP) is 3.88. The number of nitrogens with one attached hydrogen (secondary N) is 2. The summed E-state index contributed by atoms with van der Waals surface area (Å²) >= 11 is 0. The lowest BCUT2D eigenvalue weighted by Crippen LogP contribution is -2.45. The summed E-state index contributed by atoms with van der Waals surface area (Å²) < 4.78 is 1.55. The van der Waals surface area contributed by atoms with Crippen molar-refractivity contribution in [2.75, 3.05) is 0 Å². The molecule has 0 atom stereocenters. The molecule has 0 fully saturated rings. The van der Waals surface area contributed by atoms with Gasteiger partial charge >= 0.3 is 11.8 Å². The number of aromatic nitrogens is 3. The van der Waals surface area contributed by atoms with Crippen LogP contribution in [0.1, 0.15) is 47.3 Å². The molecule has 4 rings (SSSR count). The first kappa shape index (κ1) is 23.6. The van der Waals surface area contributed by atoms with Gasteiger partial charge in [-0.3, -0.25) is 25.2 Å². The second-order valence-electron chi connectivity index (χ2n) is 8.94. The fraction of sp³-hybridized carbons (Fsp3) is 0.148. The molecule has 0 unspecified atom stereocenters. The van der Waals surface area contributed by atoms with E-state index >= 15 is 0 Å². The average molecular weight is 468 g/mol. The number of amides is 2. The average Bonchev–Trinajstić information content (AvgIpc) is 3.33. The molecule has 2 amide bonds. The molecule has 4 aromatic rings. The van der Waals surface area contributed by atoms with Crippen molar-refractivity contribution < 1.29 is 14.4 Å². The number of hydrogen-bond donors (Lipinski definition) is 2. The van der Waals surface area contributed by atoms with Crippen molar-refractivity contribution in [2.45, 2.75) is 26.2 Å². The third-order valence-corrected chi connectivity index (χ3v) is 5.35. The van der Waals surface area contributed by atoms with Gasteiger partial charge in [0.15, 0.2) is 5.82 Å². The van der Waals surface area contributed by atoms with Crippen molar-refractivity contribution >= 4 is 17.6 Å². The van der Waals surface area contributed by atoms with E-state index in [0.717, 1.165) is 16.8 Å². The first-order valence-corrected chi connectivity index (χ1v) is 11.1. The van der Waals surface area contributed by atoms with Crippen molar-refractivity contribution in [3.8, 4) is 17.1 Å². The van der Waals surface area contributed by atoms with E-state index in [2.05, 4.69) is 41.7 Å². The Morgan fingerprint density at radius 1 is 0.771 bits per heavy atom. The van der Waals surface area contributed by atoms with Gasteiger partial charge in [-0.25, -0.2) is 9.67 Å². The number of nitrogens with zero attached hydrogens (tertiary/aromatic N) is 3. The molecular formula is C27H25N5O3. The molecule has 0 radical (unpaired) electrons. The maximum Gasteiger partial charge on any atom is 0.310 e. The van der Waals surface area contributed by atoms with Crippen molar-refractivity contribution in [1.29, 1.82) is 0 Å². The number of hydrogen-bond acceptors (Lipinski definition) is 5. The Bertz CT molecular complexity index is 1300. The van der Waals surface area contributed by atoms with Crippen LogP contribution in [0, 0.1) is 0 Å². The summed E-state index contributed by atoms with van der Waals surface area (Å²) in [7, 11) is 0. The Morgan fingerprint density at radius 2 is 1.37 bits per heavy atom. The molecule has 0 bridgehead atoms. The first-order chi connectivity index (χ1) is 16.7. The lowest BCUT2D eigenvalue weighted by molar-refractivity contribution is -0.117. The minimum atomic E-state index is -0.965. The molecule has 2 N–H and O–H groups in total. The summed E-state index contributed by atoms with van der Waals surface area (Å²) in [5.41, 5.74) is 7.06. The second kappa shape index (κ2) is 9.72. The molecule has 8 heteroatoms. The van der Waals surface area contributed by atoms with Crippen LogP contribution in [-0.4, -0.2) is 32.4 Å². The largest absolute Gasteiger partial charge is 0.310 e. The summed E-state index contributed by atoms with van der Waals surface area (Å²) in [5.74, 6) is -2.18. The molecule has 1 heterocycles. The summed E-state index contributed by atoms with van der Waals surface area (Å²) in [6, 6.07) is 25.4. The monoisotopic (exact) mass is 467 g/mol. The lowest BCUT2D eigenvalue weighted by Gasteiger charge is -2.18. The van der Waals surface area contributed by atoms with Crippen LogP contribution in [0.15, 0.2) is 84.9 Å². The van der Waals surface area contributed by atoms with Gasteiger partial charge in [-0.15, -0.1) is 5.10 Å². The maximum absolute atomic E-state index is 12.7. The Kier molecular flexibility index (Phi) is 6.55. The molecule has 1 aromatic heterocycles. The quantitative estimate of drug-likeness (QED) is 0.263. The Labute approximate surface area is 203 Å². The van der Waals surface area contributed by atoms with Crippen LogP contribution in [0.5, 0.6) is 0 Å². The standard InChI is InChI=1S/C27H25N5O3/c1-27(2,3)20-16-14-18(15-17-20)22(33)25(34)29-30-26(35)23-28-24(19-10-6-4-7-11-19)32(31-23)21-12-8-5-9-13-21/h4-17H,1-3H3,(H,29,34)(H,30,35). The zero-order chi connectivity index (χ0) is 25.0. The number of rotatable bonds is 5. The van der Waals surface area contributed by atoms with E-state index in [0.29, 0.717) is 5.82 Å². The van der Waals surface area contributed by atoms with Gasteiger partial charge in [-0.05, 0) is 23.1 Å². The molecule has 35 heavy (non-hydrogen) atoms. The normalized spacial score (nSPS) is 11.1. The Morgan fingerprint density at radius 3 is 1.97 bits per heavy atom. The highest BCUT2D eigenvalue weighted by Gasteiger charge is 2.22. The van der Waals surface area contributed by atoms with Gasteiger partial charge in [0.2, 0.25) is 5.82 Å². The van der Waals surface area contributed by atoms with Gasteiger partial charge in [-0.1, -0.05) is 93.6 Å². The maximum atomic E-state index is 12.7. The summed E-state index contributed by atoms with van der Waals surface area (Å²) in [4.78, 5) is 41.9. The van der Waals surface area contributed by atoms with Crippen molar-refractivity contribution in [3.63, 3.8) is 0 Å². The van der Waals surface area contributed by atoms with Gasteiger partial charge in [0, 0.05) is 11.1 Å². The van der Waals surface area contributed by atoms with Crippen LogP contribution < -0.4 is 10.9 Å². The molecule has 0 saturated carbocycles. The van der Waals surface area contributed by atoms with Crippen LogP contribution in [0.25, 0.3) is 17.1 Å². The minimum Gasteiger partial charge on any atom is -0.283 e. The van der Waals surface area contributed by atoms with Crippen molar-refractivity contribution in [2.24, 2.45) is 0 Å². The Balaban J connectivity index is 1.49. The topological polar surface area (TPSA) is 106 Å². The highest BCUT2D eigenvalue weighted by atomic mass is 16.2. The number of para-hydroxylation sites is 1. The molecule has 0 saturated heterocycles. The van der Waals surface area contributed by atoms with E-state index in [1.807, 2.05) is 72.8 Å². The van der Waals surface area contributed by atoms with E-state index < -0.39 is 17.6 Å². The van der Waals surface area contributed by atoms with E-state index in [1.54, 1.807) is 16.8 Å². The van der Waals surface area contributed by atoms with Crippen LogP contribution in [0.4, 0.5) is 0 Å². The highest BCUT2D eigenvalue weighted by molar-refractivity contribution is 6.42. The van der Waals surface area contributed by atoms with E-state index in [1.165, 1.54) is 0 Å². The molecule has 0 spiro atoms. The number of ketones is 1. The SMILES string of the molecule is CC(C)(C)c1ccc(C(=O)C(=O)NNC(=O)c2nc(-c3ccccc3)n(-c3ccccc3)n2)cc1. The zero-order valence-corrected chi connectivity index (χ0v) is 19.6. The van der Waals surface area contributed by atoms with Gasteiger partial charge < -0.3 is 0 Å². The van der Waals surface area contributed by atoms with Crippen LogP contribution in [-0.2, 0) is 10.2 Å². The van der Waals surface area contributed by atoms with Gasteiger partial charge in [0.25, 0.3) is 5.78 Å². The molecule has 8 nitrogen and oxygen atoms in total. The lowest BCUT2D eigenvalue weighted by atomic mass is 9.86. The minimum absolute atomic E-state index is 0.0768. The van der Waals surface area contributed by atoms with Crippen LogP contribution in [0.3, 0.4) is 0 Å². The third-order valence-electron chi connectivity index (χ3n) is 5.35. The first-order valence-electron chi connectivity index (χ1n) is 11.1. The predicted molar refractivity (Wildman–Crippen MR) is 132 cm³/mol. The van der Waals surface area contributed by atoms with Gasteiger partial charge in [0.1, 0.15) is 0 Å². The third kappa shape index (κ3) is 5.33. The zero-order valence-electron chi connectivity index (χ0n) is 19.6. The van der Waals surface area contributed by atoms with E-state index in [-0.39, 0.29) is 16.8 Å². The summed E-state index contributed by atoms with van der Waals surface area (Å²) in [5, 5.41) is 4.33. The Hall–Kier alpha value is -4.59. The highest BCUT2D eigenvalue weighted by Crippen LogP contribution is 2.23. The fourth-order valence-electron chi connectivity index (χ4n) is 3.41. The summed E-state index contributed by atoms with van der Waals surface area (Å²) in [6.07, 6.45) is 0. The van der Waals surface area contributed by atoms with E-state index in [4.69, 9.17) is 0 Å². The molecule has 0 aliphatic rings. The van der Waals surface area contributed by atoms with Crippen molar-refractivity contribution in [3.05, 3.63) is 102 Å². The van der Waals surface area contributed by atoms with Gasteiger partial charge in [0.05, 0.1) is 5.69 Å². The number of hydrazine groups is 1. The molecule has 3 aromatic carbocycles.